The lowest BCUT2D eigenvalue weighted by molar-refractivity contribution is 0.0684. The van der Waals surface area contributed by atoms with Crippen LogP contribution in [0, 0.1) is 6.92 Å². The van der Waals surface area contributed by atoms with Gasteiger partial charge >= 0.3 is 0 Å². The molecule has 1 saturated heterocycles. The number of amides is 1. The predicted molar refractivity (Wildman–Crippen MR) is 79.8 cm³/mol. The second-order valence-electron chi connectivity index (χ2n) is 5.41. The fourth-order valence-corrected chi connectivity index (χ4v) is 2.71. The number of aromatic nitrogens is 3. The molecule has 1 aliphatic rings. The van der Waals surface area contributed by atoms with Gasteiger partial charge in [0.1, 0.15) is 11.5 Å². The van der Waals surface area contributed by atoms with Crippen LogP contribution < -0.4 is 5.73 Å². The molecular formula is C15H19N5O. The minimum atomic E-state index is 0.0112. The number of carbonyl (C=O) groups excluding carboxylic acids is 1. The number of aryl methyl sites for hydroxylation is 1. The van der Waals surface area contributed by atoms with Gasteiger partial charge in [-0.05, 0) is 38.0 Å². The van der Waals surface area contributed by atoms with Crippen LogP contribution in [-0.2, 0) is 0 Å². The number of nitrogens with two attached hydrogens (primary N) is 1. The summed E-state index contributed by atoms with van der Waals surface area (Å²) in [6.45, 7) is 3.34. The number of nitrogens with zero attached hydrogens (tertiary/aromatic N) is 4. The molecule has 3 heterocycles. The number of pyridine rings is 1. The van der Waals surface area contributed by atoms with Crippen molar-refractivity contribution in [2.24, 2.45) is 0 Å². The lowest BCUT2D eigenvalue weighted by Gasteiger charge is -2.31. The second-order valence-corrected chi connectivity index (χ2v) is 5.41. The molecule has 0 atom stereocenters. The molecule has 6 nitrogen and oxygen atoms in total. The Morgan fingerprint density at radius 1 is 1.29 bits per heavy atom. The van der Waals surface area contributed by atoms with Crippen LogP contribution in [0.4, 0.5) is 5.82 Å². The summed E-state index contributed by atoms with van der Waals surface area (Å²) in [4.78, 5) is 18.6. The summed E-state index contributed by atoms with van der Waals surface area (Å²) >= 11 is 0. The van der Waals surface area contributed by atoms with E-state index in [9.17, 15) is 4.79 Å². The Morgan fingerprint density at radius 3 is 2.67 bits per heavy atom. The Balaban J connectivity index is 1.64. The highest BCUT2D eigenvalue weighted by Gasteiger charge is 2.25. The van der Waals surface area contributed by atoms with Crippen LogP contribution in [0.25, 0.3) is 0 Å². The van der Waals surface area contributed by atoms with Gasteiger partial charge < -0.3 is 10.6 Å². The van der Waals surface area contributed by atoms with Crippen molar-refractivity contribution in [1.29, 1.82) is 0 Å². The first-order chi connectivity index (χ1) is 10.1. The van der Waals surface area contributed by atoms with Crippen LogP contribution in [-0.4, -0.2) is 38.7 Å². The number of hydrogen-bond donors (Lipinski definition) is 1. The summed E-state index contributed by atoms with van der Waals surface area (Å²) in [5.41, 5.74) is 7.03. The van der Waals surface area contributed by atoms with Crippen molar-refractivity contribution in [3.05, 3.63) is 41.9 Å². The lowest BCUT2D eigenvalue weighted by Crippen LogP contribution is -2.39. The molecule has 0 saturated carbocycles. The molecule has 21 heavy (non-hydrogen) atoms. The Bertz CT molecular complexity index is 643. The number of hydrogen-bond acceptors (Lipinski definition) is 4. The normalized spacial score (nSPS) is 16.1. The SMILES string of the molecule is Cc1cccc(C(=O)N2CCC(n3ccc(N)n3)CC2)n1. The molecule has 3 rings (SSSR count). The molecule has 6 heteroatoms. The van der Waals surface area contributed by atoms with Crippen LogP contribution in [0.1, 0.15) is 35.1 Å². The molecule has 2 N–H and O–H groups in total. The zero-order chi connectivity index (χ0) is 14.8. The monoisotopic (exact) mass is 285 g/mol. The van der Waals surface area contributed by atoms with Gasteiger partial charge in [-0.2, -0.15) is 5.10 Å². The van der Waals surface area contributed by atoms with E-state index in [2.05, 4.69) is 10.1 Å². The van der Waals surface area contributed by atoms with Gasteiger partial charge in [-0.25, -0.2) is 4.98 Å². The first-order valence-corrected chi connectivity index (χ1v) is 7.17. The van der Waals surface area contributed by atoms with E-state index in [0.717, 1.165) is 31.6 Å². The van der Waals surface area contributed by atoms with E-state index < -0.39 is 0 Å². The standard InChI is InChI=1S/C15H19N5O/c1-11-3-2-4-13(17-11)15(21)19-8-5-12(6-9-19)20-10-7-14(16)18-20/h2-4,7,10,12H,5-6,8-9H2,1H3,(H2,16,18). The zero-order valence-electron chi connectivity index (χ0n) is 12.1. The maximum absolute atomic E-state index is 12.4. The van der Waals surface area contributed by atoms with Crippen LogP contribution in [0.3, 0.4) is 0 Å². The molecule has 0 bridgehead atoms. The van der Waals surface area contributed by atoms with E-state index in [4.69, 9.17) is 5.73 Å². The number of carbonyl (C=O) groups is 1. The summed E-state index contributed by atoms with van der Waals surface area (Å²) in [5, 5.41) is 4.25. The van der Waals surface area contributed by atoms with Gasteiger partial charge in [0.2, 0.25) is 0 Å². The van der Waals surface area contributed by atoms with Crippen molar-refractivity contribution < 1.29 is 4.79 Å². The van der Waals surface area contributed by atoms with Gasteiger partial charge in [-0.3, -0.25) is 9.48 Å². The third-order valence-corrected chi connectivity index (χ3v) is 3.86. The summed E-state index contributed by atoms with van der Waals surface area (Å²) in [6.07, 6.45) is 3.68. The zero-order valence-corrected chi connectivity index (χ0v) is 12.1. The molecule has 1 amide bonds. The highest BCUT2D eigenvalue weighted by atomic mass is 16.2. The predicted octanol–water partition coefficient (Wildman–Crippen LogP) is 1.65. The van der Waals surface area contributed by atoms with Crippen molar-refractivity contribution in [1.82, 2.24) is 19.7 Å². The molecule has 1 aliphatic heterocycles. The van der Waals surface area contributed by atoms with Crippen LogP contribution in [0.5, 0.6) is 0 Å². The van der Waals surface area contributed by atoms with Crippen molar-refractivity contribution in [3.8, 4) is 0 Å². The number of rotatable bonds is 2. The number of nitrogen functional groups attached to an aromatic ring is 1. The van der Waals surface area contributed by atoms with Crippen molar-refractivity contribution in [2.75, 3.05) is 18.8 Å². The fraction of sp³-hybridized carbons (Fsp3) is 0.400. The first-order valence-electron chi connectivity index (χ1n) is 7.17. The highest BCUT2D eigenvalue weighted by molar-refractivity contribution is 5.92. The van der Waals surface area contributed by atoms with Crippen LogP contribution in [0.15, 0.2) is 30.5 Å². The number of anilines is 1. The fourth-order valence-electron chi connectivity index (χ4n) is 2.71. The topological polar surface area (TPSA) is 77.0 Å². The van der Waals surface area contributed by atoms with E-state index in [1.165, 1.54) is 0 Å². The first kappa shape index (κ1) is 13.6. The molecular weight excluding hydrogens is 266 g/mol. The number of piperidine rings is 1. The summed E-state index contributed by atoms with van der Waals surface area (Å²) in [7, 11) is 0. The molecule has 2 aromatic heterocycles. The maximum atomic E-state index is 12.4. The van der Waals surface area contributed by atoms with Crippen molar-refractivity contribution in [2.45, 2.75) is 25.8 Å². The molecule has 1 fully saturated rings. The van der Waals surface area contributed by atoms with E-state index >= 15 is 0 Å². The minimum absolute atomic E-state index is 0.0112. The van der Waals surface area contributed by atoms with Gasteiger partial charge in [0.05, 0.1) is 6.04 Å². The molecule has 2 aromatic rings. The molecule has 0 spiro atoms. The molecule has 0 aromatic carbocycles. The quantitative estimate of drug-likeness (QED) is 0.910. The Hall–Kier alpha value is -2.37. The van der Waals surface area contributed by atoms with E-state index in [1.54, 1.807) is 12.1 Å². The van der Waals surface area contributed by atoms with Crippen molar-refractivity contribution >= 4 is 11.7 Å². The smallest absolute Gasteiger partial charge is 0.272 e. The van der Waals surface area contributed by atoms with Gasteiger partial charge in [-0.1, -0.05) is 6.07 Å². The maximum Gasteiger partial charge on any atom is 0.272 e. The Kier molecular flexibility index (Phi) is 3.60. The van der Waals surface area contributed by atoms with Gasteiger partial charge in [-0.15, -0.1) is 0 Å². The third kappa shape index (κ3) is 2.89. The van der Waals surface area contributed by atoms with E-state index in [0.29, 0.717) is 17.6 Å². The second kappa shape index (κ2) is 5.55. The van der Waals surface area contributed by atoms with Crippen LogP contribution >= 0.6 is 0 Å². The average molecular weight is 285 g/mol. The van der Waals surface area contributed by atoms with Crippen molar-refractivity contribution in [3.63, 3.8) is 0 Å². The van der Waals surface area contributed by atoms with E-state index in [1.807, 2.05) is 34.8 Å². The molecule has 110 valence electrons. The molecule has 0 radical (unpaired) electrons. The Labute approximate surface area is 123 Å². The molecule has 0 aliphatic carbocycles. The minimum Gasteiger partial charge on any atom is -0.382 e. The van der Waals surface area contributed by atoms with E-state index in [-0.39, 0.29) is 5.91 Å². The summed E-state index contributed by atoms with van der Waals surface area (Å²) in [5.74, 6) is 0.551. The lowest BCUT2D eigenvalue weighted by atomic mass is 10.0. The highest BCUT2D eigenvalue weighted by Crippen LogP contribution is 2.23. The van der Waals surface area contributed by atoms with Gasteiger partial charge in [0, 0.05) is 25.0 Å². The largest absolute Gasteiger partial charge is 0.382 e. The average Bonchev–Trinajstić information content (AvgIpc) is 2.93. The Morgan fingerprint density at radius 2 is 2.05 bits per heavy atom. The molecule has 0 unspecified atom stereocenters. The van der Waals surface area contributed by atoms with Crippen LogP contribution in [0.2, 0.25) is 0 Å². The van der Waals surface area contributed by atoms with Gasteiger partial charge in [0.15, 0.2) is 0 Å². The third-order valence-electron chi connectivity index (χ3n) is 3.86. The summed E-state index contributed by atoms with van der Waals surface area (Å²) in [6, 6.07) is 7.65. The summed E-state index contributed by atoms with van der Waals surface area (Å²) < 4.78 is 1.90. The van der Waals surface area contributed by atoms with Gasteiger partial charge in [0.25, 0.3) is 5.91 Å². The number of likely N-dealkylation sites (tertiary alicyclic amines) is 1.